The van der Waals surface area contributed by atoms with E-state index in [9.17, 15) is 13.2 Å². The van der Waals surface area contributed by atoms with Crippen LogP contribution in [-0.4, -0.2) is 9.97 Å². The molecule has 1 aromatic carbocycles. The van der Waals surface area contributed by atoms with Crippen LogP contribution in [0, 0.1) is 17.5 Å². The van der Waals surface area contributed by atoms with Crippen molar-refractivity contribution < 1.29 is 13.2 Å². The average molecular weight is 290 g/mol. The van der Waals surface area contributed by atoms with E-state index < -0.39 is 17.5 Å². The first-order valence-electron chi connectivity index (χ1n) is 4.92. The number of nitrogen functional groups attached to an aromatic ring is 1. The molecule has 19 heavy (non-hydrogen) atoms. The highest BCUT2D eigenvalue weighted by molar-refractivity contribution is 6.32. The van der Waals surface area contributed by atoms with Crippen LogP contribution >= 0.6 is 11.6 Å². The Balaban J connectivity index is 2.38. The molecule has 2 rings (SSSR count). The lowest BCUT2D eigenvalue weighted by atomic mass is 10.3. The first-order chi connectivity index (χ1) is 9.01. The summed E-state index contributed by atoms with van der Waals surface area (Å²) in [5, 5.41) is 2.48. The number of nitrogens with one attached hydrogen (secondary N) is 2. The molecule has 0 saturated carbocycles. The van der Waals surface area contributed by atoms with E-state index in [4.69, 9.17) is 17.4 Å². The minimum Gasteiger partial charge on any atom is -0.336 e. The minimum atomic E-state index is -1.29. The summed E-state index contributed by atoms with van der Waals surface area (Å²) in [6, 6.07) is 1.06. The molecule has 1 heterocycles. The molecule has 0 aliphatic carbocycles. The second-order valence-corrected chi connectivity index (χ2v) is 3.81. The van der Waals surface area contributed by atoms with Gasteiger partial charge in [-0.3, -0.25) is 5.43 Å². The van der Waals surface area contributed by atoms with Gasteiger partial charge < -0.3 is 5.32 Å². The molecule has 0 aliphatic heterocycles. The van der Waals surface area contributed by atoms with Gasteiger partial charge in [-0.05, 0) is 0 Å². The lowest BCUT2D eigenvalue weighted by Gasteiger charge is -2.09. The van der Waals surface area contributed by atoms with Crippen LogP contribution in [0.2, 0.25) is 5.02 Å². The smallest absolute Gasteiger partial charge is 0.239 e. The third kappa shape index (κ3) is 2.85. The number of nitrogens with zero attached hydrogens (tertiary/aromatic N) is 2. The Bertz CT molecular complexity index is 622. The van der Waals surface area contributed by atoms with E-state index in [1.165, 1.54) is 6.20 Å². The second-order valence-electron chi connectivity index (χ2n) is 3.41. The Morgan fingerprint density at radius 1 is 1.11 bits per heavy atom. The molecule has 2 aromatic rings. The van der Waals surface area contributed by atoms with Gasteiger partial charge >= 0.3 is 0 Å². The molecule has 0 fully saturated rings. The summed E-state index contributed by atoms with van der Waals surface area (Å²) >= 11 is 5.78. The summed E-state index contributed by atoms with van der Waals surface area (Å²) in [6.07, 6.45) is 1.21. The number of hydrogen-bond acceptors (Lipinski definition) is 5. The Morgan fingerprint density at radius 3 is 2.47 bits per heavy atom. The van der Waals surface area contributed by atoms with Crippen molar-refractivity contribution >= 4 is 29.1 Å². The highest BCUT2D eigenvalue weighted by atomic mass is 35.5. The fraction of sp³-hybridized carbons (Fsp3) is 0. The van der Waals surface area contributed by atoms with Gasteiger partial charge in [-0.1, -0.05) is 11.6 Å². The van der Waals surface area contributed by atoms with E-state index in [0.717, 1.165) is 0 Å². The number of halogens is 4. The topological polar surface area (TPSA) is 75.9 Å². The summed E-state index contributed by atoms with van der Waals surface area (Å²) in [4.78, 5) is 7.51. The van der Waals surface area contributed by atoms with Crippen LogP contribution in [0.1, 0.15) is 0 Å². The van der Waals surface area contributed by atoms with Gasteiger partial charge in [0.25, 0.3) is 0 Å². The van der Waals surface area contributed by atoms with Gasteiger partial charge in [0.1, 0.15) is 10.8 Å². The molecule has 0 bridgehead atoms. The summed E-state index contributed by atoms with van der Waals surface area (Å²) in [6.45, 7) is 0. The van der Waals surface area contributed by atoms with Crippen LogP contribution in [0.25, 0.3) is 0 Å². The standard InChI is InChI=1S/C10H7ClF3N5/c11-4-3-16-10(19-15)18-9(4)17-8-2-6(13)5(12)1-7(8)14/h1-3H,15H2,(H2,16,17,18,19). The summed E-state index contributed by atoms with van der Waals surface area (Å²) in [7, 11) is 0. The first-order valence-corrected chi connectivity index (χ1v) is 5.29. The maximum absolute atomic E-state index is 13.4. The van der Waals surface area contributed by atoms with Crippen LogP contribution < -0.4 is 16.6 Å². The van der Waals surface area contributed by atoms with Crippen LogP contribution in [0.4, 0.5) is 30.6 Å². The maximum Gasteiger partial charge on any atom is 0.239 e. The largest absolute Gasteiger partial charge is 0.336 e. The molecule has 9 heteroatoms. The summed E-state index contributed by atoms with van der Waals surface area (Å²) in [5.41, 5.74) is 1.85. The minimum absolute atomic E-state index is 0.00507. The fourth-order valence-corrected chi connectivity index (χ4v) is 1.41. The molecular formula is C10H7ClF3N5. The number of aromatic nitrogens is 2. The highest BCUT2D eigenvalue weighted by Crippen LogP contribution is 2.26. The van der Waals surface area contributed by atoms with E-state index in [-0.39, 0.29) is 22.5 Å². The van der Waals surface area contributed by atoms with Crippen molar-refractivity contribution in [2.75, 3.05) is 10.7 Å². The predicted octanol–water partition coefficient (Wildman–Crippen LogP) is 2.58. The van der Waals surface area contributed by atoms with Gasteiger partial charge in [-0.25, -0.2) is 24.0 Å². The predicted molar refractivity (Wildman–Crippen MR) is 64.5 cm³/mol. The zero-order chi connectivity index (χ0) is 14.0. The van der Waals surface area contributed by atoms with Crippen LogP contribution in [0.3, 0.4) is 0 Å². The quantitative estimate of drug-likeness (QED) is 0.460. The van der Waals surface area contributed by atoms with Crippen molar-refractivity contribution in [1.82, 2.24) is 9.97 Å². The van der Waals surface area contributed by atoms with Crippen LogP contribution in [0.5, 0.6) is 0 Å². The average Bonchev–Trinajstić information content (AvgIpc) is 2.38. The van der Waals surface area contributed by atoms with Gasteiger partial charge in [-0.2, -0.15) is 4.98 Å². The Kier molecular flexibility index (Phi) is 3.72. The molecule has 0 atom stereocenters. The fourth-order valence-electron chi connectivity index (χ4n) is 1.27. The van der Waals surface area contributed by atoms with Gasteiger partial charge in [-0.15, -0.1) is 0 Å². The number of benzene rings is 1. The molecule has 1 aromatic heterocycles. The lowest BCUT2D eigenvalue weighted by Crippen LogP contribution is -2.11. The molecule has 0 radical (unpaired) electrons. The molecular weight excluding hydrogens is 283 g/mol. The monoisotopic (exact) mass is 289 g/mol. The first kappa shape index (κ1) is 13.4. The van der Waals surface area contributed by atoms with Gasteiger partial charge in [0, 0.05) is 12.1 Å². The zero-order valence-electron chi connectivity index (χ0n) is 9.22. The molecule has 100 valence electrons. The van der Waals surface area contributed by atoms with Gasteiger partial charge in [0.2, 0.25) is 5.95 Å². The van der Waals surface area contributed by atoms with E-state index in [1.807, 2.05) is 0 Å². The van der Waals surface area contributed by atoms with Crippen molar-refractivity contribution in [3.8, 4) is 0 Å². The zero-order valence-corrected chi connectivity index (χ0v) is 9.97. The Labute approximate surface area is 110 Å². The van der Waals surface area contributed by atoms with Crippen molar-refractivity contribution in [1.29, 1.82) is 0 Å². The Morgan fingerprint density at radius 2 is 1.79 bits per heavy atom. The Hall–Kier alpha value is -2.06. The molecule has 0 spiro atoms. The number of rotatable bonds is 3. The summed E-state index contributed by atoms with van der Waals surface area (Å²) < 4.78 is 39.2. The van der Waals surface area contributed by atoms with Crippen molar-refractivity contribution in [3.63, 3.8) is 0 Å². The SMILES string of the molecule is NNc1ncc(Cl)c(Nc2cc(F)c(F)cc2F)n1. The van der Waals surface area contributed by atoms with Gasteiger partial charge in [0.15, 0.2) is 17.5 Å². The summed E-state index contributed by atoms with van der Waals surface area (Å²) in [5.74, 6) is 1.64. The van der Waals surface area contributed by atoms with Gasteiger partial charge in [0.05, 0.1) is 11.9 Å². The normalized spacial score (nSPS) is 10.4. The van der Waals surface area contributed by atoms with E-state index in [1.54, 1.807) is 0 Å². The maximum atomic E-state index is 13.4. The number of anilines is 3. The van der Waals surface area contributed by atoms with Crippen LogP contribution in [-0.2, 0) is 0 Å². The lowest BCUT2D eigenvalue weighted by molar-refractivity contribution is 0.496. The van der Waals surface area contributed by atoms with Crippen molar-refractivity contribution in [2.45, 2.75) is 0 Å². The second kappa shape index (κ2) is 5.29. The number of hydrazine groups is 1. The third-order valence-corrected chi connectivity index (χ3v) is 2.41. The molecule has 0 unspecified atom stereocenters. The molecule has 5 nitrogen and oxygen atoms in total. The van der Waals surface area contributed by atoms with Crippen molar-refractivity contribution in [3.05, 3.63) is 40.8 Å². The van der Waals surface area contributed by atoms with E-state index >= 15 is 0 Å². The third-order valence-electron chi connectivity index (χ3n) is 2.14. The van der Waals surface area contributed by atoms with Crippen LogP contribution in [0.15, 0.2) is 18.3 Å². The number of nitrogens with two attached hydrogens (primary N) is 1. The molecule has 4 N–H and O–H groups in total. The van der Waals surface area contributed by atoms with Crippen molar-refractivity contribution in [2.24, 2.45) is 5.84 Å². The molecule has 0 saturated heterocycles. The van der Waals surface area contributed by atoms with E-state index in [0.29, 0.717) is 12.1 Å². The molecule has 0 aliphatic rings. The van der Waals surface area contributed by atoms with E-state index in [2.05, 4.69) is 20.7 Å². The highest BCUT2D eigenvalue weighted by Gasteiger charge is 2.12. The molecule has 0 amide bonds. The number of hydrogen-bond donors (Lipinski definition) is 3.